The highest BCUT2D eigenvalue weighted by molar-refractivity contribution is 7.99. The van der Waals surface area contributed by atoms with Crippen LogP contribution in [0.15, 0.2) is 84.0 Å². The summed E-state index contributed by atoms with van der Waals surface area (Å²) in [5.74, 6) is 1.31. The summed E-state index contributed by atoms with van der Waals surface area (Å²) in [6, 6.07) is 25.4. The quantitative estimate of drug-likeness (QED) is 0.0973. The van der Waals surface area contributed by atoms with E-state index in [4.69, 9.17) is 14.2 Å². The van der Waals surface area contributed by atoms with Crippen LogP contribution in [0, 0.1) is 13.8 Å². The van der Waals surface area contributed by atoms with Gasteiger partial charge in [-0.2, -0.15) is 0 Å². The number of aromatic nitrogens is 4. The van der Waals surface area contributed by atoms with Gasteiger partial charge in [-0.3, -0.25) is 9.36 Å². The first-order chi connectivity index (χ1) is 20.9. The number of para-hydroxylation sites is 3. The fourth-order valence-corrected chi connectivity index (χ4v) is 5.71. The molecule has 220 valence electrons. The molecule has 5 rings (SSSR count). The number of Topliss-reactive ketones (excluding diaryl/α,β-unsaturated/α-hetero) is 1. The van der Waals surface area contributed by atoms with Crippen molar-refractivity contribution in [3.8, 4) is 28.3 Å². The number of hydrogen-bond acceptors (Lipinski definition) is 8. The normalized spacial score (nSPS) is 10.9. The van der Waals surface area contributed by atoms with E-state index in [9.17, 15) is 9.59 Å². The lowest BCUT2D eigenvalue weighted by molar-refractivity contribution is 0.0525. The SMILES string of the molecule is CCOC(=O)c1c(C)[nH]c(C(=O)CSc2nnc(COc3ccccc3-c3ccccc3)n2-c2ccccc2OC)c1C. The van der Waals surface area contributed by atoms with Crippen LogP contribution in [0.2, 0.25) is 0 Å². The van der Waals surface area contributed by atoms with Gasteiger partial charge in [-0.15, -0.1) is 10.2 Å². The second-order valence-electron chi connectivity index (χ2n) is 9.61. The van der Waals surface area contributed by atoms with Gasteiger partial charge in [0.1, 0.15) is 18.1 Å². The molecule has 2 heterocycles. The maximum absolute atomic E-state index is 13.3. The topological polar surface area (TPSA) is 108 Å². The predicted octanol–water partition coefficient (Wildman–Crippen LogP) is 6.62. The molecule has 0 bridgehead atoms. The van der Waals surface area contributed by atoms with Crippen LogP contribution in [-0.4, -0.2) is 51.0 Å². The number of thioether (sulfide) groups is 1. The second-order valence-corrected chi connectivity index (χ2v) is 10.6. The molecule has 5 aromatic rings. The summed E-state index contributed by atoms with van der Waals surface area (Å²) in [5, 5.41) is 9.37. The van der Waals surface area contributed by atoms with Crippen LogP contribution in [-0.2, 0) is 11.3 Å². The summed E-state index contributed by atoms with van der Waals surface area (Å²) in [6.45, 7) is 5.63. The fraction of sp³-hybridized carbons (Fsp3) is 0.212. The van der Waals surface area contributed by atoms with Gasteiger partial charge < -0.3 is 19.2 Å². The Morgan fingerprint density at radius 3 is 2.35 bits per heavy atom. The van der Waals surface area contributed by atoms with Crippen LogP contribution in [0.5, 0.6) is 11.5 Å². The number of rotatable bonds is 12. The Kier molecular flexibility index (Phi) is 9.26. The number of nitrogens with zero attached hydrogens (tertiary/aromatic N) is 3. The van der Waals surface area contributed by atoms with Gasteiger partial charge in [0, 0.05) is 11.3 Å². The molecule has 0 aliphatic carbocycles. The lowest BCUT2D eigenvalue weighted by Crippen LogP contribution is -2.10. The number of ketones is 1. The van der Waals surface area contributed by atoms with E-state index in [1.165, 1.54) is 11.8 Å². The van der Waals surface area contributed by atoms with Gasteiger partial charge in [-0.25, -0.2) is 4.79 Å². The van der Waals surface area contributed by atoms with Crippen molar-refractivity contribution in [1.29, 1.82) is 0 Å². The first kappa shape index (κ1) is 29.7. The van der Waals surface area contributed by atoms with E-state index in [2.05, 4.69) is 15.2 Å². The highest BCUT2D eigenvalue weighted by Gasteiger charge is 2.24. The molecule has 0 radical (unpaired) electrons. The number of aryl methyl sites for hydroxylation is 1. The summed E-state index contributed by atoms with van der Waals surface area (Å²) in [4.78, 5) is 28.8. The average molecular weight is 597 g/mol. The van der Waals surface area contributed by atoms with Gasteiger partial charge in [0.15, 0.2) is 16.8 Å². The number of benzene rings is 3. The molecule has 0 unspecified atom stereocenters. The zero-order valence-corrected chi connectivity index (χ0v) is 25.2. The van der Waals surface area contributed by atoms with Crippen molar-refractivity contribution >= 4 is 23.5 Å². The van der Waals surface area contributed by atoms with Gasteiger partial charge in [-0.1, -0.05) is 72.4 Å². The first-order valence-electron chi connectivity index (χ1n) is 13.8. The molecule has 2 aromatic heterocycles. The monoisotopic (exact) mass is 596 g/mol. The third-order valence-electron chi connectivity index (χ3n) is 6.88. The van der Waals surface area contributed by atoms with Gasteiger partial charge in [0.2, 0.25) is 0 Å². The number of hydrogen-bond donors (Lipinski definition) is 1. The van der Waals surface area contributed by atoms with E-state index in [1.54, 1.807) is 27.9 Å². The molecular formula is C33H32N4O5S. The van der Waals surface area contributed by atoms with Crippen LogP contribution in [0.3, 0.4) is 0 Å². The number of ether oxygens (including phenoxy) is 3. The molecule has 0 aliphatic rings. The molecule has 3 aromatic carbocycles. The standard InChI is InChI=1S/C33H32N4O5S/c1-5-41-32(39)30-21(2)31(34-22(30)3)26(38)20-43-33-36-35-29(37(33)25-16-10-12-18-28(25)40-4)19-42-27-17-11-9-15-24(27)23-13-7-6-8-14-23/h6-18,34H,5,19-20H2,1-4H3. The summed E-state index contributed by atoms with van der Waals surface area (Å²) in [7, 11) is 1.60. The highest BCUT2D eigenvalue weighted by atomic mass is 32.2. The maximum Gasteiger partial charge on any atom is 0.340 e. The molecule has 0 aliphatic heterocycles. The predicted molar refractivity (Wildman–Crippen MR) is 165 cm³/mol. The van der Waals surface area contributed by atoms with Crippen LogP contribution in [0.25, 0.3) is 16.8 Å². The van der Waals surface area contributed by atoms with Gasteiger partial charge in [0.25, 0.3) is 0 Å². The van der Waals surface area contributed by atoms with E-state index in [0.717, 1.165) is 16.8 Å². The van der Waals surface area contributed by atoms with E-state index in [1.807, 2.05) is 83.4 Å². The third-order valence-corrected chi connectivity index (χ3v) is 7.81. The molecule has 1 N–H and O–H groups in total. The zero-order chi connectivity index (χ0) is 30.3. The Balaban J connectivity index is 1.42. The highest BCUT2D eigenvalue weighted by Crippen LogP contribution is 2.32. The Morgan fingerprint density at radius 2 is 1.60 bits per heavy atom. The molecule has 0 spiro atoms. The van der Waals surface area contributed by atoms with Crippen molar-refractivity contribution in [2.75, 3.05) is 19.5 Å². The summed E-state index contributed by atoms with van der Waals surface area (Å²) < 4.78 is 19.0. The average Bonchev–Trinajstić information content (AvgIpc) is 3.58. The number of carbonyl (C=O) groups is 2. The Bertz CT molecular complexity index is 1750. The Morgan fingerprint density at radius 1 is 0.907 bits per heavy atom. The molecule has 9 nitrogen and oxygen atoms in total. The van der Waals surface area contributed by atoms with Crippen LogP contribution >= 0.6 is 11.8 Å². The Hall–Kier alpha value is -4.83. The molecule has 0 atom stereocenters. The zero-order valence-electron chi connectivity index (χ0n) is 24.4. The van der Waals surface area contributed by atoms with Crippen molar-refractivity contribution in [3.05, 3.63) is 107 Å². The van der Waals surface area contributed by atoms with E-state index >= 15 is 0 Å². The first-order valence-corrected chi connectivity index (χ1v) is 14.8. The largest absolute Gasteiger partial charge is 0.495 e. The Labute approximate surface area is 254 Å². The minimum Gasteiger partial charge on any atom is -0.495 e. The number of nitrogens with one attached hydrogen (secondary N) is 1. The minimum atomic E-state index is -0.449. The molecular weight excluding hydrogens is 564 g/mol. The molecule has 0 amide bonds. The van der Waals surface area contributed by atoms with Gasteiger partial charge >= 0.3 is 5.97 Å². The summed E-state index contributed by atoms with van der Waals surface area (Å²) in [6.07, 6.45) is 0. The number of methoxy groups -OCH3 is 1. The fourth-order valence-electron chi connectivity index (χ4n) is 4.88. The van der Waals surface area contributed by atoms with Crippen molar-refractivity contribution in [2.45, 2.75) is 32.5 Å². The third kappa shape index (κ3) is 6.34. The van der Waals surface area contributed by atoms with E-state index in [-0.39, 0.29) is 24.7 Å². The van der Waals surface area contributed by atoms with Crippen LogP contribution in [0.4, 0.5) is 0 Å². The van der Waals surface area contributed by atoms with Gasteiger partial charge in [-0.05, 0) is 50.1 Å². The summed E-state index contributed by atoms with van der Waals surface area (Å²) >= 11 is 1.24. The molecule has 43 heavy (non-hydrogen) atoms. The number of carbonyl (C=O) groups excluding carboxylic acids is 2. The molecule has 0 saturated heterocycles. The summed E-state index contributed by atoms with van der Waals surface area (Å²) in [5.41, 5.74) is 4.65. The smallest absolute Gasteiger partial charge is 0.340 e. The lowest BCUT2D eigenvalue weighted by Gasteiger charge is -2.15. The maximum atomic E-state index is 13.3. The van der Waals surface area contributed by atoms with Crippen molar-refractivity contribution in [3.63, 3.8) is 0 Å². The minimum absolute atomic E-state index is 0.0635. The number of esters is 1. The van der Waals surface area contributed by atoms with Crippen LogP contribution in [0.1, 0.15) is 44.9 Å². The van der Waals surface area contributed by atoms with Crippen molar-refractivity contribution in [1.82, 2.24) is 19.7 Å². The number of aromatic amines is 1. The van der Waals surface area contributed by atoms with E-state index < -0.39 is 5.97 Å². The van der Waals surface area contributed by atoms with E-state index in [0.29, 0.717) is 45.0 Å². The number of H-pyrrole nitrogens is 1. The lowest BCUT2D eigenvalue weighted by atomic mass is 10.1. The van der Waals surface area contributed by atoms with Gasteiger partial charge in [0.05, 0.1) is 36.4 Å². The molecule has 0 fully saturated rings. The molecule has 0 saturated carbocycles. The van der Waals surface area contributed by atoms with Crippen molar-refractivity contribution < 1.29 is 23.8 Å². The van der Waals surface area contributed by atoms with Crippen molar-refractivity contribution in [2.24, 2.45) is 0 Å². The second kappa shape index (κ2) is 13.4. The van der Waals surface area contributed by atoms with Crippen LogP contribution < -0.4 is 9.47 Å². The molecule has 10 heteroatoms.